The van der Waals surface area contributed by atoms with E-state index in [4.69, 9.17) is 0 Å². The van der Waals surface area contributed by atoms with E-state index < -0.39 is 6.36 Å². The lowest BCUT2D eigenvalue weighted by Gasteiger charge is -2.15. The van der Waals surface area contributed by atoms with Gasteiger partial charge in [0.05, 0.1) is 0 Å². The van der Waals surface area contributed by atoms with Gasteiger partial charge >= 0.3 is 6.36 Å². The summed E-state index contributed by atoms with van der Waals surface area (Å²) in [5.74, 6) is -0.203. The first-order valence-corrected chi connectivity index (χ1v) is 6.98. The first-order valence-electron chi connectivity index (χ1n) is 6.04. The first kappa shape index (κ1) is 14.9. The Balaban J connectivity index is 1.91. The molecule has 0 spiro atoms. The Bertz CT molecular complexity index is 522. The molecule has 0 aliphatic carbocycles. The molecule has 1 aromatic carbocycles. The maximum Gasteiger partial charge on any atom is 0.573 e. The highest BCUT2D eigenvalue weighted by molar-refractivity contribution is 7.07. The monoisotopic (exact) mass is 301 g/mol. The van der Waals surface area contributed by atoms with Crippen LogP contribution < -0.4 is 10.1 Å². The van der Waals surface area contributed by atoms with E-state index in [1.54, 1.807) is 23.5 Å². The number of alkyl halides is 3. The van der Waals surface area contributed by atoms with Crippen LogP contribution in [0.25, 0.3) is 0 Å². The average molecular weight is 301 g/mol. The van der Waals surface area contributed by atoms with E-state index in [0.29, 0.717) is 0 Å². The van der Waals surface area contributed by atoms with Crippen molar-refractivity contribution in [2.24, 2.45) is 0 Å². The molecule has 1 unspecified atom stereocenters. The average Bonchev–Trinajstić information content (AvgIpc) is 2.88. The van der Waals surface area contributed by atoms with Crippen LogP contribution in [0.4, 0.5) is 13.2 Å². The van der Waals surface area contributed by atoms with Crippen molar-refractivity contribution in [2.45, 2.75) is 25.9 Å². The van der Waals surface area contributed by atoms with Gasteiger partial charge in [-0.1, -0.05) is 12.1 Å². The lowest BCUT2D eigenvalue weighted by molar-refractivity contribution is -0.274. The topological polar surface area (TPSA) is 21.3 Å². The Hall–Kier alpha value is -1.53. The van der Waals surface area contributed by atoms with E-state index in [0.717, 1.165) is 12.1 Å². The summed E-state index contributed by atoms with van der Waals surface area (Å²) >= 11 is 1.63. The Morgan fingerprint density at radius 2 is 1.90 bits per heavy atom. The molecular weight excluding hydrogens is 287 g/mol. The zero-order valence-corrected chi connectivity index (χ0v) is 11.6. The fourth-order valence-electron chi connectivity index (χ4n) is 1.74. The molecule has 6 heteroatoms. The lowest BCUT2D eigenvalue weighted by Crippen LogP contribution is -2.18. The maximum atomic E-state index is 12.0. The molecule has 1 N–H and O–H groups in total. The van der Waals surface area contributed by atoms with Crippen LogP contribution in [0.15, 0.2) is 41.1 Å². The van der Waals surface area contributed by atoms with Crippen molar-refractivity contribution in [1.29, 1.82) is 0 Å². The van der Waals surface area contributed by atoms with E-state index in [1.165, 1.54) is 17.7 Å². The highest BCUT2D eigenvalue weighted by Crippen LogP contribution is 2.24. The van der Waals surface area contributed by atoms with Crippen LogP contribution in [0.5, 0.6) is 5.75 Å². The van der Waals surface area contributed by atoms with Crippen molar-refractivity contribution in [3.05, 3.63) is 52.2 Å². The van der Waals surface area contributed by atoms with Gasteiger partial charge in [-0.05, 0) is 47.0 Å². The van der Waals surface area contributed by atoms with Gasteiger partial charge in [-0.3, -0.25) is 0 Å². The summed E-state index contributed by atoms with van der Waals surface area (Å²) in [6.45, 7) is 2.69. The van der Waals surface area contributed by atoms with Gasteiger partial charge in [0.2, 0.25) is 0 Å². The van der Waals surface area contributed by atoms with Crippen LogP contribution in [0.1, 0.15) is 24.1 Å². The lowest BCUT2D eigenvalue weighted by atomic mass is 10.1. The second-order valence-corrected chi connectivity index (χ2v) is 5.13. The number of benzene rings is 1. The smallest absolute Gasteiger partial charge is 0.406 e. The van der Waals surface area contributed by atoms with E-state index in [2.05, 4.69) is 15.4 Å². The van der Waals surface area contributed by atoms with Crippen LogP contribution in [-0.2, 0) is 6.54 Å². The summed E-state index contributed by atoms with van der Waals surface area (Å²) in [5, 5.41) is 7.37. The van der Waals surface area contributed by atoms with Crippen LogP contribution in [0, 0.1) is 0 Å². The molecule has 1 heterocycles. The maximum absolute atomic E-state index is 12.0. The molecular formula is C14H14F3NOS. The molecule has 0 aliphatic heterocycles. The summed E-state index contributed by atoms with van der Waals surface area (Å²) in [6, 6.07) is 8.00. The Labute approximate surface area is 119 Å². The van der Waals surface area contributed by atoms with Crippen molar-refractivity contribution < 1.29 is 17.9 Å². The van der Waals surface area contributed by atoms with Crippen molar-refractivity contribution in [2.75, 3.05) is 0 Å². The first-order chi connectivity index (χ1) is 9.44. The summed E-state index contributed by atoms with van der Waals surface area (Å²) < 4.78 is 40.0. The third-order valence-corrected chi connectivity index (χ3v) is 3.54. The van der Waals surface area contributed by atoms with Gasteiger partial charge in [0.15, 0.2) is 0 Å². The molecule has 2 nitrogen and oxygen atoms in total. The van der Waals surface area contributed by atoms with Crippen LogP contribution in [0.3, 0.4) is 0 Å². The number of ether oxygens (including phenoxy) is 1. The Morgan fingerprint density at radius 3 is 2.45 bits per heavy atom. The largest absolute Gasteiger partial charge is 0.573 e. The summed E-state index contributed by atoms with van der Waals surface area (Å²) in [7, 11) is 0. The van der Waals surface area contributed by atoms with Gasteiger partial charge in [-0.15, -0.1) is 13.2 Å². The van der Waals surface area contributed by atoms with E-state index >= 15 is 0 Å². The Morgan fingerprint density at radius 1 is 1.20 bits per heavy atom. The molecule has 20 heavy (non-hydrogen) atoms. The van der Waals surface area contributed by atoms with Gasteiger partial charge in [0, 0.05) is 12.6 Å². The van der Waals surface area contributed by atoms with Crippen molar-refractivity contribution >= 4 is 11.3 Å². The number of hydrogen-bond donors (Lipinski definition) is 1. The predicted octanol–water partition coefficient (Wildman–Crippen LogP) is 4.50. The number of hydrogen-bond acceptors (Lipinski definition) is 3. The second-order valence-electron chi connectivity index (χ2n) is 4.35. The number of thiophene rings is 1. The molecule has 0 amide bonds. The molecule has 1 atom stereocenters. The highest BCUT2D eigenvalue weighted by atomic mass is 32.1. The van der Waals surface area contributed by atoms with Crippen LogP contribution in [-0.4, -0.2) is 6.36 Å². The van der Waals surface area contributed by atoms with Gasteiger partial charge in [-0.25, -0.2) is 0 Å². The van der Waals surface area contributed by atoms with Crippen molar-refractivity contribution in [3.63, 3.8) is 0 Å². The zero-order valence-electron chi connectivity index (χ0n) is 10.8. The molecule has 0 saturated heterocycles. The third-order valence-electron chi connectivity index (χ3n) is 2.81. The third kappa shape index (κ3) is 4.54. The molecule has 0 bridgehead atoms. The fourth-order valence-corrected chi connectivity index (χ4v) is 2.41. The van der Waals surface area contributed by atoms with Gasteiger partial charge in [-0.2, -0.15) is 11.3 Å². The quantitative estimate of drug-likeness (QED) is 0.878. The second kappa shape index (κ2) is 6.28. The van der Waals surface area contributed by atoms with Crippen molar-refractivity contribution in [1.82, 2.24) is 5.32 Å². The highest BCUT2D eigenvalue weighted by Gasteiger charge is 2.30. The summed E-state index contributed by atoms with van der Waals surface area (Å²) in [4.78, 5) is 0. The molecule has 0 radical (unpaired) electrons. The van der Waals surface area contributed by atoms with Gasteiger partial charge in [0.1, 0.15) is 5.75 Å². The molecule has 1 aromatic heterocycles. The number of rotatable bonds is 5. The SMILES string of the molecule is CC(NCc1ccsc1)c1ccc(OC(F)(F)F)cc1. The molecule has 0 saturated carbocycles. The fraction of sp³-hybridized carbons (Fsp3) is 0.286. The normalized spacial score (nSPS) is 13.2. The minimum Gasteiger partial charge on any atom is -0.406 e. The van der Waals surface area contributed by atoms with Crippen LogP contribution in [0.2, 0.25) is 0 Å². The molecule has 0 fully saturated rings. The number of halogens is 3. The molecule has 0 aliphatic rings. The van der Waals surface area contributed by atoms with E-state index in [9.17, 15) is 13.2 Å². The molecule has 2 aromatic rings. The summed E-state index contributed by atoms with van der Waals surface area (Å²) in [5.41, 5.74) is 2.11. The standard InChI is InChI=1S/C14H14F3NOS/c1-10(18-8-11-6-7-20-9-11)12-2-4-13(5-3-12)19-14(15,16)17/h2-7,9-10,18H,8H2,1H3. The number of nitrogens with one attached hydrogen (secondary N) is 1. The Kier molecular flexibility index (Phi) is 4.67. The van der Waals surface area contributed by atoms with Gasteiger partial charge in [0.25, 0.3) is 0 Å². The van der Waals surface area contributed by atoms with Crippen LogP contribution >= 0.6 is 11.3 Å². The van der Waals surface area contributed by atoms with Gasteiger partial charge < -0.3 is 10.1 Å². The van der Waals surface area contributed by atoms with E-state index in [1.807, 2.05) is 18.4 Å². The van der Waals surface area contributed by atoms with Crippen molar-refractivity contribution in [3.8, 4) is 5.75 Å². The minimum absolute atomic E-state index is 0.0508. The zero-order chi connectivity index (χ0) is 14.6. The molecule has 2 rings (SSSR count). The minimum atomic E-state index is -4.65. The summed E-state index contributed by atoms with van der Waals surface area (Å²) in [6.07, 6.45) is -4.65. The predicted molar refractivity (Wildman–Crippen MR) is 72.7 cm³/mol. The van der Waals surface area contributed by atoms with E-state index in [-0.39, 0.29) is 11.8 Å². The molecule has 108 valence electrons.